The average Bonchev–Trinajstić information content (AvgIpc) is 2.75. The largest absolute Gasteiger partial charge is 0.359 e. The normalized spacial score (nSPS) is 10.4. The number of halogens is 2. The minimum atomic E-state index is -0.317. The number of nitrogens with zero attached hydrogens (tertiary/aromatic N) is 2. The second kappa shape index (κ2) is 5.49. The second-order valence-electron chi connectivity index (χ2n) is 3.61. The third-order valence-corrected chi connectivity index (χ3v) is 2.89. The Balaban J connectivity index is 2.05. The Bertz CT molecular complexity index is 585. The van der Waals surface area contributed by atoms with E-state index in [1.165, 1.54) is 6.20 Å². The molecular formula is C11H9BrClN3O2. The number of aryl methyl sites for hydroxylation is 1. The number of amides is 1. The van der Waals surface area contributed by atoms with Crippen LogP contribution in [-0.2, 0) is 6.54 Å². The summed E-state index contributed by atoms with van der Waals surface area (Å²) in [5.74, 6) is 0.266. The maximum atomic E-state index is 11.9. The summed E-state index contributed by atoms with van der Waals surface area (Å²) < 4.78 is 5.67. The lowest BCUT2D eigenvalue weighted by molar-refractivity contribution is 0.0947. The van der Waals surface area contributed by atoms with Gasteiger partial charge >= 0.3 is 0 Å². The Morgan fingerprint density at radius 3 is 3.00 bits per heavy atom. The highest BCUT2D eigenvalue weighted by atomic mass is 79.9. The van der Waals surface area contributed by atoms with Crippen molar-refractivity contribution in [3.63, 3.8) is 0 Å². The Morgan fingerprint density at radius 1 is 1.56 bits per heavy atom. The van der Waals surface area contributed by atoms with Crippen molar-refractivity contribution in [3.05, 3.63) is 45.0 Å². The first-order valence-electron chi connectivity index (χ1n) is 5.07. The molecule has 0 aromatic carbocycles. The molecule has 2 rings (SSSR count). The molecule has 0 aliphatic heterocycles. The van der Waals surface area contributed by atoms with Crippen LogP contribution < -0.4 is 5.32 Å². The van der Waals surface area contributed by atoms with Crippen molar-refractivity contribution in [1.82, 2.24) is 15.5 Å². The van der Waals surface area contributed by atoms with Gasteiger partial charge in [-0.25, -0.2) is 4.98 Å². The fraction of sp³-hybridized carbons (Fsp3) is 0.182. The summed E-state index contributed by atoms with van der Waals surface area (Å²) in [6.07, 6.45) is 1.53. The molecule has 0 fully saturated rings. The highest BCUT2D eigenvalue weighted by Gasteiger charge is 2.12. The quantitative estimate of drug-likeness (QED) is 0.879. The monoisotopic (exact) mass is 329 g/mol. The van der Waals surface area contributed by atoms with Crippen LogP contribution in [0.15, 0.2) is 27.3 Å². The van der Waals surface area contributed by atoms with E-state index >= 15 is 0 Å². The molecule has 2 aromatic rings. The van der Waals surface area contributed by atoms with Crippen LogP contribution in [0.2, 0.25) is 5.15 Å². The lowest BCUT2D eigenvalue weighted by atomic mass is 10.2. The number of carbonyl (C=O) groups is 1. The van der Waals surface area contributed by atoms with Gasteiger partial charge in [0.2, 0.25) is 0 Å². The van der Waals surface area contributed by atoms with Crippen molar-refractivity contribution in [2.75, 3.05) is 0 Å². The minimum Gasteiger partial charge on any atom is -0.359 e. The summed E-state index contributed by atoms with van der Waals surface area (Å²) in [5, 5.41) is 6.56. The van der Waals surface area contributed by atoms with Crippen LogP contribution in [0, 0.1) is 6.92 Å². The van der Waals surface area contributed by atoms with Crippen molar-refractivity contribution in [2.24, 2.45) is 0 Å². The molecule has 7 heteroatoms. The van der Waals surface area contributed by atoms with Crippen LogP contribution in [0.3, 0.4) is 0 Å². The molecule has 0 radical (unpaired) electrons. The number of hydrogen-bond donors (Lipinski definition) is 1. The van der Waals surface area contributed by atoms with E-state index < -0.39 is 0 Å². The van der Waals surface area contributed by atoms with Crippen LogP contribution in [0.25, 0.3) is 0 Å². The topological polar surface area (TPSA) is 68.0 Å². The summed E-state index contributed by atoms with van der Waals surface area (Å²) in [4.78, 5) is 15.8. The molecule has 0 saturated heterocycles. The van der Waals surface area contributed by atoms with Crippen LogP contribution in [0.4, 0.5) is 0 Å². The molecule has 0 unspecified atom stereocenters. The third-order valence-electron chi connectivity index (χ3n) is 2.15. The standard InChI is InChI=1S/C11H9BrClN3O2/c1-6-2-8(18-16-6)5-15-11(17)9-3-7(12)4-14-10(9)13/h2-4H,5H2,1H3,(H,15,17). The third kappa shape index (κ3) is 3.08. The zero-order valence-corrected chi connectivity index (χ0v) is 11.7. The molecule has 1 amide bonds. The van der Waals surface area contributed by atoms with Gasteiger partial charge in [0.15, 0.2) is 5.76 Å². The van der Waals surface area contributed by atoms with Gasteiger partial charge in [0.1, 0.15) is 5.15 Å². The van der Waals surface area contributed by atoms with E-state index in [9.17, 15) is 4.79 Å². The van der Waals surface area contributed by atoms with Crippen LogP contribution >= 0.6 is 27.5 Å². The van der Waals surface area contributed by atoms with Crippen molar-refractivity contribution in [2.45, 2.75) is 13.5 Å². The molecule has 0 spiro atoms. The van der Waals surface area contributed by atoms with E-state index in [4.69, 9.17) is 16.1 Å². The van der Waals surface area contributed by atoms with Gasteiger partial charge in [-0.2, -0.15) is 0 Å². The summed E-state index contributed by atoms with van der Waals surface area (Å²) >= 11 is 9.08. The molecule has 0 aliphatic carbocycles. The molecule has 5 nitrogen and oxygen atoms in total. The Labute approximate surface area is 117 Å². The summed E-state index contributed by atoms with van der Waals surface area (Å²) in [6.45, 7) is 2.06. The lowest BCUT2D eigenvalue weighted by Crippen LogP contribution is -2.23. The fourth-order valence-corrected chi connectivity index (χ4v) is 1.86. The summed E-state index contributed by atoms with van der Waals surface area (Å²) in [7, 11) is 0. The van der Waals surface area contributed by atoms with Gasteiger partial charge in [0, 0.05) is 16.7 Å². The van der Waals surface area contributed by atoms with Gasteiger partial charge in [-0.3, -0.25) is 4.79 Å². The van der Waals surface area contributed by atoms with Gasteiger partial charge in [-0.1, -0.05) is 16.8 Å². The van der Waals surface area contributed by atoms with Gasteiger partial charge in [-0.05, 0) is 28.9 Å². The number of hydrogen-bond acceptors (Lipinski definition) is 4. The second-order valence-corrected chi connectivity index (χ2v) is 4.88. The van der Waals surface area contributed by atoms with E-state index in [1.54, 1.807) is 12.1 Å². The maximum absolute atomic E-state index is 11.9. The smallest absolute Gasteiger partial charge is 0.254 e. The maximum Gasteiger partial charge on any atom is 0.254 e. The van der Waals surface area contributed by atoms with E-state index in [0.717, 1.165) is 5.69 Å². The van der Waals surface area contributed by atoms with Crippen LogP contribution in [0.1, 0.15) is 21.8 Å². The zero-order chi connectivity index (χ0) is 13.1. The zero-order valence-electron chi connectivity index (χ0n) is 9.41. The first kappa shape index (κ1) is 13.0. The first-order valence-corrected chi connectivity index (χ1v) is 6.25. The number of aromatic nitrogens is 2. The Kier molecular flexibility index (Phi) is 3.98. The molecule has 0 aliphatic rings. The van der Waals surface area contributed by atoms with Gasteiger partial charge in [0.25, 0.3) is 5.91 Å². The average molecular weight is 331 g/mol. The van der Waals surface area contributed by atoms with E-state index in [2.05, 4.69) is 31.4 Å². The van der Waals surface area contributed by atoms with Crippen molar-refractivity contribution in [1.29, 1.82) is 0 Å². The molecule has 18 heavy (non-hydrogen) atoms. The highest BCUT2D eigenvalue weighted by molar-refractivity contribution is 9.10. The molecule has 1 N–H and O–H groups in total. The van der Waals surface area contributed by atoms with Gasteiger partial charge in [-0.15, -0.1) is 0 Å². The molecule has 0 atom stereocenters. The molecule has 0 bridgehead atoms. The molecule has 94 valence electrons. The van der Waals surface area contributed by atoms with Gasteiger partial charge < -0.3 is 9.84 Å². The number of rotatable bonds is 3. The van der Waals surface area contributed by atoms with Gasteiger partial charge in [0.05, 0.1) is 17.8 Å². The van der Waals surface area contributed by atoms with Crippen LogP contribution in [-0.4, -0.2) is 16.0 Å². The number of nitrogens with one attached hydrogen (secondary N) is 1. The fourth-order valence-electron chi connectivity index (χ4n) is 1.34. The van der Waals surface area contributed by atoms with Crippen molar-refractivity contribution < 1.29 is 9.32 Å². The SMILES string of the molecule is Cc1cc(CNC(=O)c2cc(Br)cnc2Cl)on1. The van der Waals surface area contributed by atoms with E-state index in [-0.39, 0.29) is 17.6 Å². The molecular weight excluding hydrogens is 321 g/mol. The van der Waals surface area contributed by atoms with Crippen molar-refractivity contribution in [3.8, 4) is 0 Å². The lowest BCUT2D eigenvalue weighted by Gasteiger charge is -2.04. The van der Waals surface area contributed by atoms with E-state index in [0.29, 0.717) is 15.8 Å². The van der Waals surface area contributed by atoms with Crippen molar-refractivity contribution >= 4 is 33.4 Å². The Hall–Kier alpha value is -1.40. The molecule has 2 aromatic heterocycles. The predicted molar refractivity (Wildman–Crippen MR) is 69.4 cm³/mol. The molecule has 2 heterocycles. The number of pyridine rings is 1. The first-order chi connectivity index (χ1) is 8.56. The predicted octanol–water partition coefficient (Wildman–Crippen LogP) is 2.72. The van der Waals surface area contributed by atoms with Crippen LogP contribution in [0.5, 0.6) is 0 Å². The summed E-state index contributed by atoms with van der Waals surface area (Å²) in [6, 6.07) is 3.36. The molecule has 0 saturated carbocycles. The highest BCUT2D eigenvalue weighted by Crippen LogP contribution is 2.18. The van der Waals surface area contributed by atoms with E-state index in [1.807, 2.05) is 6.92 Å². The summed E-state index contributed by atoms with van der Waals surface area (Å²) in [5.41, 5.74) is 1.07. The minimum absolute atomic E-state index is 0.157. The number of carbonyl (C=O) groups excluding carboxylic acids is 1. The Morgan fingerprint density at radius 2 is 2.33 bits per heavy atom.